The van der Waals surface area contributed by atoms with Crippen LogP contribution in [-0.2, 0) is 4.43 Å². The molecule has 0 aliphatic carbocycles. The first-order valence-electron chi connectivity index (χ1n) is 8.17. The van der Waals surface area contributed by atoms with E-state index >= 15 is 0 Å². The van der Waals surface area contributed by atoms with Crippen molar-refractivity contribution in [3.63, 3.8) is 0 Å². The molecular formula is C20H24O2Si. The summed E-state index contributed by atoms with van der Waals surface area (Å²) in [7, 11) is -2.39. The third kappa shape index (κ3) is 2.92. The third-order valence-corrected chi connectivity index (χ3v) is 9.22. The van der Waals surface area contributed by atoms with Crippen molar-refractivity contribution in [1.29, 1.82) is 0 Å². The van der Waals surface area contributed by atoms with E-state index in [0.29, 0.717) is 0 Å². The highest BCUT2D eigenvalue weighted by atomic mass is 28.4. The molecule has 3 heteroatoms. The van der Waals surface area contributed by atoms with Gasteiger partial charge < -0.3 is 9.53 Å². The molecule has 0 saturated carbocycles. The lowest BCUT2D eigenvalue weighted by Gasteiger charge is -2.46. The molecule has 1 aliphatic rings. The summed E-state index contributed by atoms with van der Waals surface area (Å²) in [5.41, 5.74) is 1.04. The Hall–Kier alpha value is -1.68. The summed E-state index contributed by atoms with van der Waals surface area (Å²) in [4.78, 5) is 0. The van der Waals surface area contributed by atoms with Crippen LogP contribution in [0, 0.1) is 5.92 Å². The third-order valence-electron chi connectivity index (χ3n) is 4.90. The monoisotopic (exact) mass is 324 g/mol. The van der Waals surface area contributed by atoms with E-state index in [0.717, 1.165) is 11.6 Å². The van der Waals surface area contributed by atoms with Gasteiger partial charge in [-0.2, -0.15) is 0 Å². The minimum Gasteiger partial charge on any atom is -0.403 e. The summed E-state index contributed by atoms with van der Waals surface area (Å²) >= 11 is 0. The Morgan fingerprint density at radius 3 is 1.96 bits per heavy atom. The van der Waals surface area contributed by atoms with Gasteiger partial charge in [0.2, 0.25) is 0 Å². The molecule has 1 heterocycles. The number of aliphatic hydroxyl groups excluding tert-OH is 1. The van der Waals surface area contributed by atoms with Gasteiger partial charge in [-0.15, -0.1) is 0 Å². The van der Waals surface area contributed by atoms with Gasteiger partial charge in [0, 0.05) is 5.92 Å². The van der Waals surface area contributed by atoms with Crippen LogP contribution in [0.1, 0.15) is 13.8 Å². The van der Waals surface area contributed by atoms with Crippen LogP contribution in [0.5, 0.6) is 0 Å². The van der Waals surface area contributed by atoms with Crippen molar-refractivity contribution in [2.75, 3.05) is 0 Å². The molecule has 2 nitrogen and oxygen atoms in total. The fraction of sp³-hybridized carbons (Fsp3) is 0.300. The van der Waals surface area contributed by atoms with Crippen LogP contribution in [0.3, 0.4) is 0 Å². The molecule has 2 aromatic rings. The van der Waals surface area contributed by atoms with Crippen molar-refractivity contribution >= 4 is 18.7 Å². The van der Waals surface area contributed by atoms with Crippen LogP contribution in [0.2, 0.25) is 6.04 Å². The topological polar surface area (TPSA) is 29.5 Å². The van der Waals surface area contributed by atoms with Crippen molar-refractivity contribution in [1.82, 2.24) is 0 Å². The summed E-state index contributed by atoms with van der Waals surface area (Å²) in [5.74, 6) is 0.0748. The first-order valence-corrected chi connectivity index (χ1v) is 10.3. The molecule has 23 heavy (non-hydrogen) atoms. The molecule has 1 fully saturated rings. The van der Waals surface area contributed by atoms with Gasteiger partial charge in [0.05, 0.1) is 12.2 Å². The van der Waals surface area contributed by atoms with E-state index in [1.807, 2.05) is 26.0 Å². The maximum atomic E-state index is 10.6. The van der Waals surface area contributed by atoms with Gasteiger partial charge in [-0.3, -0.25) is 0 Å². The van der Waals surface area contributed by atoms with Crippen LogP contribution in [0.25, 0.3) is 0 Å². The van der Waals surface area contributed by atoms with Gasteiger partial charge in [-0.1, -0.05) is 72.8 Å². The lowest BCUT2D eigenvalue weighted by atomic mass is 9.94. The highest BCUT2D eigenvalue weighted by molar-refractivity contribution is 6.97. The quantitative estimate of drug-likeness (QED) is 0.695. The second-order valence-electron chi connectivity index (χ2n) is 6.53. The van der Waals surface area contributed by atoms with Gasteiger partial charge in [-0.05, 0) is 30.3 Å². The Bertz CT molecular complexity index is 629. The average Bonchev–Trinajstić information content (AvgIpc) is 2.58. The molecule has 0 bridgehead atoms. The van der Waals surface area contributed by atoms with Gasteiger partial charge in [0.1, 0.15) is 0 Å². The highest BCUT2D eigenvalue weighted by Gasteiger charge is 2.49. The van der Waals surface area contributed by atoms with Crippen LogP contribution in [-0.4, -0.2) is 25.6 Å². The second kappa shape index (κ2) is 6.44. The first-order chi connectivity index (χ1) is 11.0. The summed E-state index contributed by atoms with van der Waals surface area (Å²) in [5, 5.41) is 13.1. The Morgan fingerprint density at radius 1 is 1.04 bits per heavy atom. The van der Waals surface area contributed by atoms with E-state index in [1.54, 1.807) is 0 Å². The van der Waals surface area contributed by atoms with Gasteiger partial charge >= 0.3 is 0 Å². The molecule has 0 radical (unpaired) electrons. The van der Waals surface area contributed by atoms with Crippen molar-refractivity contribution in [3.8, 4) is 0 Å². The first kappa shape index (κ1) is 16.2. The number of benzene rings is 2. The molecular weight excluding hydrogens is 300 g/mol. The summed E-state index contributed by atoms with van der Waals surface area (Å²) < 4.78 is 6.59. The van der Waals surface area contributed by atoms with E-state index in [9.17, 15) is 5.11 Å². The fourth-order valence-electron chi connectivity index (χ4n) is 3.61. The Morgan fingerprint density at radius 2 is 1.52 bits per heavy atom. The molecule has 0 spiro atoms. The number of hydrogen-bond donors (Lipinski definition) is 1. The van der Waals surface area contributed by atoms with Crippen LogP contribution in [0.4, 0.5) is 0 Å². The zero-order chi connectivity index (χ0) is 16.4. The number of rotatable bonds is 3. The molecule has 0 aromatic heterocycles. The zero-order valence-electron chi connectivity index (χ0n) is 13.8. The normalized spacial score (nSPS) is 26.7. The lowest BCUT2D eigenvalue weighted by Crippen LogP contribution is -2.67. The van der Waals surface area contributed by atoms with Crippen molar-refractivity contribution in [2.45, 2.75) is 32.1 Å². The van der Waals surface area contributed by atoms with E-state index in [-0.39, 0.29) is 12.0 Å². The zero-order valence-corrected chi connectivity index (χ0v) is 14.8. The Balaban J connectivity index is 2.15. The molecule has 1 aliphatic heterocycles. The number of aliphatic hydroxyl groups is 1. The maximum absolute atomic E-state index is 10.6. The molecule has 3 rings (SSSR count). The molecule has 1 saturated heterocycles. The Labute approximate surface area is 139 Å². The number of hydrogen-bond acceptors (Lipinski definition) is 2. The van der Waals surface area contributed by atoms with Gasteiger partial charge in [0.15, 0.2) is 0 Å². The second-order valence-corrected chi connectivity index (χ2v) is 9.98. The average molecular weight is 324 g/mol. The highest BCUT2D eigenvalue weighted by Crippen LogP contribution is 2.34. The van der Waals surface area contributed by atoms with E-state index in [1.165, 1.54) is 10.4 Å². The van der Waals surface area contributed by atoms with E-state index in [4.69, 9.17) is 4.43 Å². The van der Waals surface area contributed by atoms with E-state index in [2.05, 4.69) is 55.1 Å². The minimum atomic E-state index is -2.39. The molecule has 0 unspecified atom stereocenters. The standard InChI is InChI=1S/C20H24O2Si/c1-15(2)19-14-23(22-16(3)20(19)21,17-10-6-4-7-11-17)18-12-8-5-9-13-18/h4-13,16,19-21H,1,14H2,2-3H3/t16-,19+,20-/m0/s1. The van der Waals surface area contributed by atoms with E-state index < -0.39 is 14.4 Å². The van der Waals surface area contributed by atoms with Crippen LogP contribution >= 0.6 is 0 Å². The predicted octanol–water partition coefficient (Wildman–Crippen LogP) is 2.72. The summed E-state index contributed by atoms with van der Waals surface area (Å²) in [6.07, 6.45) is -0.682. The van der Waals surface area contributed by atoms with Crippen LogP contribution in [0.15, 0.2) is 72.8 Å². The lowest BCUT2D eigenvalue weighted by molar-refractivity contribution is -0.000310. The molecule has 1 N–H and O–H groups in total. The van der Waals surface area contributed by atoms with Crippen molar-refractivity contribution in [2.24, 2.45) is 5.92 Å². The Kier molecular flexibility index (Phi) is 4.53. The molecule has 0 amide bonds. The van der Waals surface area contributed by atoms with Crippen molar-refractivity contribution in [3.05, 3.63) is 72.8 Å². The molecule has 3 atom stereocenters. The molecule has 2 aromatic carbocycles. The van der Waals surface area contributed by atoms with Crippen LogP contribution < -0.4 is 10.4 Å². The van der Waals surface area contributed by atoms with Crippen molar-refractivity contribution < 1.29 is 9.53 Å². The fourth-order valence-corrected chi connectivity index (χ4v) is 8.23. The summed E-state index contributed by atoms with van der Waals surface area (Å²) in [6, 6.07) is 21.9. The van der Waals surface area contributed by atoms with Gasteiger partial charge in [0.25, 0.3) is 8.32 Å². The maximum Gasteiger partial charge on any atom is 0.256 e. The summed E-state index contributed by atoms with van der Waals surface area (Å²) in [6.45, 7) is 8.12. The van der Waals surface area contributed by atoms with Gasteiger partial charge in [-0.25, -0.2) is 0 Å². The SMILES string of the molecule is C=C(C)[C@H]1C[Si](c2ccccc2)(c2ccccc2)O[C@@H](C)[C@@H]1O. The minimum absolute atomic E-state index is 0.0748. The molecule has 120 valence electrons. The smallest absolute Gasteiger partial charge is 0.256 e. The largest absolute Gasteiger partial charge is 0.403 e. The predicted molar refractivity (Wildman–Crippen MR) is 97.6 cm³/mol.